The van der Waals surface area contributed by atoms with Crippen molar-refractivity contribution in [3.05, 3.63) is 29.3 Å². The Morgan fingerprint density at radius 1 is 1.10 bits per heavy atom. The number of nitrogens with two attached hydrogens (primary N) is 1. The Balaban J connectivity index is 0.00000191. The highest BCUT2D eigenvalue weighted by atomic mass is 32.2. The highest BCUT2D eigenvalue weighted by molar-refractivity contribution is 7.92. The summed E-state index contributed by atoms with van der Waals surface area (Å²) < 4.78 is 60.1. The van der Waals surface area contributed by atoms with E-state index < -0.39 is 20.2 Å². The Kier molecular flexibility index (Phi) is 7.95. The summed E-state index contributed by atoms with van der Waals surface area (Å²) >= 11 is 0. The number of sulfone groups is 1. The van der Waals surface area contributed by atoms with E-state index in [1.165, 1.54) is 0 Å². The molecule has 0 saturated carbocycles. The van der Waals surface area contributed by atoms with Crippen molar-refractivity contribution in [2.75, 3.05) is 6.54 Å². The molecule has 1 aromatic carbocycles. The van der Waals surface area contributed by atoms with Crippen LogP contribution in [-0.2, 0) is 16.3 Å². The maximum absolute atomic E-state index is 12.5. The summed E-state index contributed by atoms with van der Waals surface area (Å²) in [6.45, 7) is 6.07. The molecule has 2 N–H and O–H groups in total. The maximum Gasteiger partial charge on any atom is 0.501 e. The van der Waals surface area contributed by atoms with Crippen molar-refractivity contribution in [2.45, 2.75) is 50.4 Å². The van der Waals surface area contributed by atoms with Crippen LogP contribution in [0.5, 0.6) is 0 Å². The van der Waals surface area contributed by atoms with Crippen LogP contribution in [0, 0.1) is 6.92 Å². The molecule has 122 valence electrons. The van der Waals surface area contributed by atoms with E-state index in [9.17, 15) is 21.6 Å². The van der Waals surface area contributed by atoms with Gasteiger partial charge in [-0.25, -0.2) is 8.42 Å². The average Bonchev–Trinajstić information content (AvgIpc) is 2.39. The van der Waals surface area contributed by atoms with Gasteiger partial charge in [-0.2, -0.15) is 13.2 Å². The SMILES string of the molecule is CC.Cc1cc(CCCCN)cc(S(=O)(=O)C(F)(F)F)c1. The van der Waals surface area contributed by atoms with E-state index in [1.807, 2.05) is 13.8 Å². The zero-order valence-electron chi connectivity index (χ0n) is 12.5. The molecule has 21 heavy (non-hydrogen) atoms. The quantitative estimate of drug-likeness (QED) is 0.842. The van der Waals surface area contributed by atoms with Crippen LogP contribution in [0.3, 0.4) is 0 Å². The van der Waals surface area contributed by atoms with Crippen molar-refractivity contribution in [3.8, 4) is 0 Å². The van der Waals surface area contributed by atoms with Gasteiger partial charge in [-0.1, -0.05) is 19.9 Å². The molecule has 0 atom stereocenters. The third-order valence-corrected chi connectivity index (χ3v) is 4.11. The molecule has 1 rings (SSSR count). The molecule has 0 saturated heterocycles. The number of benzene rings is 1. The molecule has 0 amide bonds. The van der Waals surface area contributed by atoms with Gasteiger partial charge < -0.3 is 5.73 Å². The topological polar surface area (TPSA) is 60.2 Å². The summed E-state index contributed by atoms with van der Waals surface area (Å²) in [6, 6.07) is 3.81. The minimum atomic E-state index is -5.28. The van der Waals surface area contributed by atoms with E-state index in [2.05, 4.69) is 0 Å². The molecule has 3 nitrogen and oxygen atoms in total. The number of hydrogen-bond donors (Lipinski definition) is 1. The minimum absolute atomic E-state index is 0.494. The lowest BCUT2D eigenvalue weighted by atomic mass is 10.1. The van der Waals surface area contributed by atoms with E-state index in [-0.39, 0.29) is 0 Å². The average molecular weight is 325 g/mol. The molecule has 0 unspecified atom stereocenters. The molecule has 0 aliphatic carbocycles. The molecule has 0 heterocycles. The zero-order valence-corrected chi connectivity index (χ0v) is 13.3. The van der Waals surface area contributed by atoms with Gasteiger partial charge in [-0.05, 0) is 56.0 Å². The summed E-state index contributed by atoms with van der Waals surface area (Å²) in [5.74, 6) is 0. The van der Waals surface area contributed by atoms with Gasteiger partial charge in [0.1, 0.15) is 0 Å². The normalized spacial score (nSPS) is 11.8. The molecule has 0 radical (unpaired) electrons. The van der Waals surface area contributed by atoms with Gasteiger partial charge >= 0.3 is 5.51 Å². The number of unbranched alkanes of at least 4 members (excludes halogenated alkanes) is 1. The van der Waals surface area contributed by atoms with Crippen molar-refractivity contribution >= 4 is 9.84 Å². The number of hydrogen-bond acceptors (Lipinski definition) is 3. The lowest BCUT2D eigenvalue weighted by Crippen LogP contribution is -2.23. The Hall–Kier alpha value is -1.08. The summed E-state index contributed by atoms with van der Waals surface area (Å²) in [5, 5.41) is 0. The van der Waals surface area contributed by atoms with Crippen molar-refractivity contribution < 1.29 is 21.6 Å². The largest absolute Gasteiger partial charge is 0.501 e. The smallest absolute Gasteiger partial charge is 0.330 e. The standard InChI is InChI=1S/C12H16F3NO2S.C2H6/c1-9-6-10(4-2-3-5-16)8-11(7-9)19(17,18)12(13,14)15;1-2/h6-8H,2-5,16H2,1H3;1-2H3. The predicted octanol–water partition coefficient (Wildman–Crippen LogP) is 3.60. The Labute approximate surface area is 124 Å². The first-order valence-electron chi connectivity index (χ1n) is 6.80. The lowest BCUT2D eigenvalue weighted by Gasteiger charge is -2.11. The Morgan fingerprint density at radius 3 is 2.14 bits per heavy atom. The van der Waals surface area contributed by atoms with Crippen LogP contribution in [0.2, 0.25) is 0 Å². The van der Waals surface area contributed by atoms with Gasteiger partial charge in [0.2, 0.25) is 0 Å². The van der Waals surface area contributed by atoms with Crippen LogP contribution < -0.4 is 5.73 Å². The van der Waals surface area contributed by atoms with Gasteiger partial charge in [0.05, 0.1) is 4.90 Å². The second-order valence-electron chi connectivity index (χ2n) is 4.35. The minimum Gasteiger partial charge on any atom is -0.330 e. The first kappa shape index (κ1) is 19.9. The molecular weight excluding hydrogens is 303 g/mol. The van der Waals surface area contributed by atoms with E-state index in [0.29, 0.717) is 30.5 Å². The maximum atomic E-state index is 12.5. The van der Waals surface area contributed by atoms with Gasteiger partial charge in [-0.15, -0.1) is 0 Å². The van der Waals surface area contributed by atoms with E-state index in [4.69, 9.17) is 5.73 Å². The summed E-state index contributed by atoms with van der Waals surface area (Å²) in [4.78, 5) is -0.692. The van der Waals surface area contributed by atoms with Gasteiger partial charge in [0.25, 0.3) is 9.84 Å². The first-order valence-corrected chi connectivity index (χ1v) is 8.29. The zero-order chi connectivity index (χ0) is 16.7. The van der Waals surface area contributed by atoms with Crippen LogP contribution in [0.1, 0.15) is 37.8 Å². The molecular formula is C14H22F3NO2S. The molecule has 0 aromatic heterocycles. The van der Waals surface area contributed by atoms with Crippen LogP contribution in [-0.4, -0.2) is 20.5 Å². The predicted molar refractivity (Wildman–Crippen MR) is 77.8 cm³/mol. The molecule has 0 bridgehead atoms. The number of aryl methyl sites for hydroxylation is 2. The molecule has 0 aliphatic heterocycles. The van der Waals surface area contributed by atoms with Gasteiger partial charge in [-0.3, -0.25) is 0 Å². The van der Waals surface area contributed by atoms with Crippen molar-refractivity contribution in [3.63, 3.8) is 0 Å². The fourth-order valence-electron chi connectivity index (χ4n) is 1.73. The van der Waals surface area contributed by atoms with E-state index in [0.717, 1.165) is 18.6 Å². The third-order valence-electron chi connectivity index (χ3n) is 2.65. The number of alkyl halides is 3. The van der Waals surface area contributed by atoms with Crippen molar-refractivity contribution in [1.29, 1.82) is 0 Å². The fourth-order valence-corrected chi connectivity index (χ4v) is 2.65. The molecule has 0 spiro atoms. The fraction of sp³-hybridized carbons (Fsp3) is 0.571. The third kappa shape index (κ3) is 5.67. The highest BCUT2D eigenvalue weighted by Crippen LogP contribution is 2.31. The van der Waals surface area contributed by atoms with Crippen molar-refractivity contribution in [1.82, 2.24) is 0 Å². The van der Waals surface area contributed by atoms with E-state index in [1.54, 1.807) is 13.0 Å². The summed E-state index contributed by atoms with van der Waals surface area (Å²) in [5.41, 5.74) is 1.14. The van der Waals surface area contributed by atoms with Crippen LogP contribution in [0.4, 0.5) is 13.2 Å². The van der Waals surface area contributed by atoms with Gasteiger partial charge in [0.15, 0.2) is 0 Å². The molecule has 1 aromatic rings. The van der Waals surface area contributed by atoms with Crippen LogP contribution in [0.15, 0.2) is 23.1 Å². The number of rotatable bonds is 5. The Bertz CT molecular complexity index is 540. The second kappa shape index (κ2) is 8.38. The van der Waals surface area contributed by atoms with Crippen LogP contribution >= 0.6 is 0 Å². The Morgan fingerprint density at radius 2 is 1.67 bits per heavy atom. The summed E-state index contributed by atoms with van der Waals surface area (Å²) in [7, 11) is -5.28. The van der Waals surface area contributed by atoms with Crippen molar-refractivity contribution in [2.24, 2.45) is 5.73 Å². The first-order chi connectivity index (χ1) is 9.68. The van der Waals surface area contributed by atoms with E-state index >= 15 is 0 Å². The monoisotopic (exact) mass is 325 g/mol. The number of halogens is 3. The van der Waals surface area contributed by atoms with Gasteiger partial charge in [0, 0.05) is 0 Å². The molecule has 7 heteroatoms. The summed E-state index contributed by atoms with van der Waals surface area (Å²) in [6.07, 6.45) is 1.97. The second-order valence-corrected chi connectivity index (χ2v) is 6.29. The molecule has 0 fully saturated rings. The highest BCUT2D eigenvalue weighted by Gasteiger charge is 2.46. The van der Waals surface area contributed by atoms with Crippen LogP contribution in [0.25, 0.3) is 0 Å². The molecule has 0 aliphatic rings. The lowest BCUT2D eigenvalue weighted by molar-refractivity contribution is -0.0436.